The van der Waals surface area contributed by atoms with Crippen molar-refractivity contribution in [1.29, 1.82) is 0 Å². The Morgan fingerprint density at radius 2 is 1.66 bits per heavy atom. The number of benzene rings is 2. The summed E-state index contributed by atoms with van der Waals surface area (Å²) in [5.41, 5.74) is 2.88. The molecule has 7 rings (SSSR count). The maximum absolute atomic E-state index is 14.0. The fourth-order valence-corrected chi connectivity index (χ4v) is 10.2. The molecule has 4 nitrogen and oxygen atoms in total. The second-order valence-corrected chi connectivity index (χ2v) is 13.4. The number of rotatable bonds is 3. The Morgan fingerprint density at radius 3 is 2.37 bits per heavy atom. The molecule has 38 heavy (non-hydrogen) atoms. The monoisotopic (exact) mass is 511 g/mol. The normalized spacial score (nSPS) is 43.5. The van der Waals surface area contributed by atoms with E-state index in [1.54, 1.807) is 6.92 Å². The van der Waals surface area contributed by atoms with E-state index in [1.165, 1.54) is 11.1 Å². The van der Waals surface area contributed by atoms with Crippen LogP contribution in [0.2, 0.25) is 0 Å². The number of aliphatic hydroxyl groups is 1. The van der Waals surface area contributed by atoms with Crippen LogP contribution in [-0.2, 0) is 9.63 Å². The molecule has 1 aliphatic heterocycles. The molecule has 0 bridgehead atoms. The predicted molar refractivity (Wildman–Crippen MR) is 149 cm³/mol. The number of anilines is 1. The molecule has 2 aromatic rings. The minimum atomic E-state index is -0.827. The molecule has 0 spiro atoms. The Bertz CT molecular complexity index is 1260. The molecule has 0 amide bonds. The highest BCUT2D eigenvalue weighted by molar-refractivity contribution is 5.88. The highest BCUT2D eigenvalue weighted by atomic mass is 16.7. The standard InChI is InChI=1S/C34H41NO3/c1-22(36)34-30(31(23-10-6-4-7-11-23)35(38-34)25-12-8-5-9-13-25)21-29-27-15-14-24-20-26(37)16-18-32(24,2)28(27)17-19-33(29,34)3/h4-14,26-31,37H,15-21H2,1-3H3/t26-,27+,28-,29-,30-,31?,32-,33-,34+/m0/s1. The van der Waals surface area contributed by atoms with Crippen molar-refractivity contribution in [2.24, 2.45) is 34.5 Å². The van der Waals surface area contributed by atoms with Gasteiger partial charge in [-0.1, -0.05) is 74.0 Å². The molecule has 9 atom stereocenters. The zero-order chi connectivity index (χ0) is 26.3. The summed E-state index contributed by atoms with van der Waals surface area (Å²) in [6.07, 6.45) is 9.36. The SMILES string of the molecule is CC(=O)[C@@]12ON(c3ccccc3)C(c3ccccc3)[C@@H]1C[C@H]1[C@@H]3CC=C4C[C@@H](O)CC[C@]4(C)[C@H]3CC[C@@]12C. The topological polar surface area (TPSA) is 49.8 Å². The van der Waals surface area contributed by atoms with Gasteiger partial charge < -0.3 is 5.11 Å². The summed E-state index contributed by atoms with van der Waals surface area (Å²) in [6.45, 7) is 6.64. The first-order chi connectivity index (χ1) is 18.3. The Kier molecular flexibility index (Phi) is 5.52. The van der Waals surface area contributed by atoms with Gasteiger partial charge in [0.1, 0.15) is 0 Å². The van der Waals surface area contributed by atoms with Crippen molar-refractivity contribution >= 4 is 11.5 Å². The average Bonchev–Trinajstić information content (AvgIpc) is 3.41. The Hall–Kier alpha value is -2.43. The van der Waals surface area contributed by atoms with E-state index in [0.29, 0.717) is 17.8 Å². The minimum Gasteiger partial charge on any atom is -0.393 e. The number of para-hydroxylation sites is 1. The van der Waals surface area contributed by atoms with E-state index >= 15 is 0 Å². The number of hydrogen-bond donors (Lipinski definition) is 1. The van der Waals surface area contributed by atoms with E-state index in [-0.39, 0.29) is 34.7 Å². The predicted octanol–water partition coefficient (Wildman–Crippen LogP) is 7.06. The average molecular weight is 512 g/mol. The van der Waals surface area contributed by atoms with Crippen LogP contribution >= 0.6 is 0 Å². The number of Topliss-reactive ketones (excluding diaryl/α,β-unsaturated/α-hetero) is 1. The van der Waals surface area contributed by atoms with Gasteiger partial charge in [-0.3, -0.25) is 9.63 Å². The van der Waals surface area contributed by atoms with Crippen LogP contribution < -0.4 is 5.06 Å². The number of fused-ring (bicyclic) bond motifs is 7. The van der Waals surface area contributed by atoms with Crippen LogP contribution in [0.15, 0.2) is 72.3 Å². The van der Waals surface area contributed by atoms with E-state index in [2.05, 4.69) is 79.6 Å². The summed E-state index contributed by atoms with van der Waals surface area (Å²) in [4.78, 5) is 21.1. The maximum Gasteiger partial charge on any atom is 0.165 e. The fraction of sp³-hybridized carbons (Fsp3) is 0.559. The van der Waals surface area contributed by atoms with E-state index in [0.717, 1.165) is 50.6 Å². The van der Waals surface area contributed by atoms with Gasteiger partial charge >= 0.3 is 0 Å². The quantitative estimate of drug-likeness (QED) is 0.448. The van der Waals surface area contributed by atoms with Crippen LogP contribution in [-0.4, -0.2) is 22.6 Å². The van der Waals surface area contributed by atoms with Crippen molar-refractivity contribution in [2.75, 3.05) is 5.06 Å². The van der Waals surface area contributed by atoms with Crippen LogP contribution in [0, 0.1) is 34.5 Å². The molecule has 4 fully saturated rings. The highest BCUT2D eigenvalue weighted by Gasteiger charge is 2.75. The van der Waals surface area contributed by atoms with Crippen molar-refractivity contribution in [2.45, 2.75) is 83.5 Å². The summed E-state index contributed by atoms with van der Waals surface area (Å²) < 4.78 is 0. The first-order valence-corrected chi connectivity index (χ1v) is 14.8. The van der Waals surface area contributed by atoms with Gasteiger partial charge in [-0.05, 0) is 92.7 Å². The lowest BCUT2D eigenvalue weighted by atomic mass is 9.46. The highest BCUT2D eigenvalue weighted by Crippen LogP contribution is 2.73. The first kappa shape index (κ1) is 24.6. The molecule has 1 N–H and O–H groups in total. The van der Waals surface area contributed by atoms with E-state index in [4.69, 9.17) is 4.84 Å². The van der Waals surface area contributed by atoms with E-state index in [1.807, 2.05) is 6.07 Å². The summed E-state index contributed by atoms with van der Waals surface area (Å²) in [7, 11) is 0. The van der Waals surface area contributed by atoms with Crippen molar-refractivity contribution < 1.29 is 14.7 Å². The van der Waals surface area contributed by atoms with Crippen molar-refractivity contribution in [1.82, 2.24) is 0 Å². The number of aliphatic hydroxyl groups excluding tert-OH is 1. The lowest BCUT2D eigenvalue weighted by Crippen LogP contribution is -2.58. The number of hydroxylamine groups is 1. The zero-order valence-electron chi connectivity index (χ0n) is 23.0. The van der Waals surface area contributed by atoms with Crippen LogP contribution in [0.5, 0.6) is 0 Å². The second kappa shape index (κ2) is 8.53. The summed E-state index contributed by atoms with van der Waals surface area (Å²) in [6, 6.07) is 21.0. The Labute approximate surface area is 227 Å². The fourth-order valence-electron chi connectivity index (χ4n) is 10.2. The van der Waals surface area contributed by atoms with Gasteiger partial charge in [0.15, 0.2) is 11.4 Å². The molecule has 3 saturated carbocycles. The molecule has 200 valence electrons. The number of nitrogens with zero attached hydrogens (tertiary/aromatic N) is 1. The van der Waals surface area contributed by atoms with Crippen molar-refractivity contribution in [3.8, 4) is 0 Å². The van der Waals surface area contributed by atoms with Gasteiger partial charge in [0.2, 0.25) is 0 Å². The molecular weight excluding hydrogens is 470 g/mol. The van der Waals surface area contributed by atoms with Gasteiger partial charge in [-0.15, -0.1) is 0 Å². The summed E-state index contributed by atoms with van der Waals surface area (Å²) in [5, 5.41) is 12.5. The van der Waals surface area contributed by atoms with Gasteiger partial charge in [0, 0.05) is 11.3 Å². The molecule has 1 unspecified atom stereocenters. The minimum absolute atomic E-state index is 0.00140. The number of ketones is 1. The van der Waals surface area contributed by atoms with Crippen LogP contribution in [0.4, 0.5) is 5.69 Å². The van der Waals surface area contributed by atoms with E-state index < -0.39 is 5.60 Å². The van der Waals surface area contributed by atoms with Gasteiger partial charge in [-0.2, -0.15) is 0 Å². The number of carbonyl (C=O) groups is 1. The van der Waals surface area contributed by atoms with E-state index in [9.17, 15) is 9.90 Å². The summed E-state index contributed by atoms with van der Waals surface area (Å²) in [5.74, 6) is 1.91. The Morgan fingerprint density at radius 1 is 0.947 bits per heavy atom. The molecule has 5 aliphatic rings. The first-order valence-electron chi connectivity index (χ1n) is 14.8. The molecule has 0 aromatic heterocycles. The lowest BCUT2D eigenvalue weighted by Gasteiger charge is -2.59. The van der Waals surface area contributed by atoms with Gasteiger partial charge in [-0.25, -0.2) is 5.06 Å². The molecule has 1 saturated heterocycles. The number of hydrogen-bond acceptors (Lipinski definition) is 4. The zero-order valence-corrected chi connectivity index (χ0v) is 23.0. The molecule has 4 heteroatoms. The largest absolute Gasteiger partial charge is 0.393 e. The Balaban J connectivity index is 1.33. The molecule has 1 heterocycles. The molecule has 0 radical (unpaired) electrons. The smallest absolute Gasteiger partial charge is 0.165 e. The number of carbonyl (C=O) groups excluding carboxylic acids is 1. The van der Waals surface area contributed by atoms with Crippen molar-refractivity contribution in [3.63, 3.8) is 0 Å². The summed E-state index contributed by atoms with van der Waals surface area (Å²) >= 11 is 0. The van der Waals surface area contributed by atoms with Crippen LogP contribution in [0.3, 0.4) is 0 Å². The molecule has 2 aromatic carbocycles. The lowest BCUT2D eigenvalue weighted by molar-refractivity contribution is -0.171. The molecule has 4 aliphatic carbocycles. The third-order valence-corrected chi connectivity index (χ3v) is 11.9. The van der Waals surface area contributed by atoms with Gasteiger partial charge in [0.05, 0.1) is 17.8 Å². The third-order valence-electron chi connectivity index (χ3n) is 11.9. The van der Waals surface area contributed by atoms with Crippen LogP contribution in [0.25, 0.3) is 0 Å². The van der Waals surface area contributed by atoms with Gasteiger partial charge in [0.25, 0.3) is 0 Å². The number of allylic oxidation sites excluding steroid dienone is 1. The van der Waals surface area contributed by atoms with Crippen LogP contribution in [0.1, 0.15) is 77.3 Å². The molecular formula is C34H41NO3. The van der Waals surface area contributed by atoms with Crippen molar-refractivity contribution in [3.05, 3.63) is 77.9 Å². The third kappa shape index (κ3) is 3.14. The maximum atomic E-state index is 14.0. The second-order valence-electron chi connectivity index (χ2n) is 13.4.